The molecule has 14 rings (SSSR count). The molecule has 0 radical (unpaired) electrons. The standard InChI is InChI=1S/C55H30N4OS2/c1-2-12-32-26-44-42(25-31(32)11-1)36-13-3-7-17-43(36)59(44)45-27-35(28-47-52(45)41-16-4-8-18-46(41)60-47)55-57-53(33-21-23-39-37-14-5-9-19-48(37)61-50(39)29-33)56-54(58-55)34-22-24-40-38-15-6-10-20-49(38)62-51(40)30-34/h1-30H. The second kappa shape index (κ2) is 12.9. The highest BCUT2D eigenvalue weighted by Gasteiger charge is 2.22. The lowest BCUT2D eigenvalue weighted by Crippen LogP contribution is -2.01. The number of rotatable bonds is 4. The second-order valence-corrected chi connectivity index (χ2v) is 18.1. The first-order valence-corrected chi connectivity index (χ1v) is 22.3. The Hall–Kier alpha value is -7.71. The van der Waals surface area contributed by atoms with Gasteiger partial charge in [-0.2, -0.15) is 0 Å². The third kappa shape index (κ3) is 5.03. The highest BCUT2D eigenvalue weighted by Crippen LogP contribution is 2.43. The van der Waals surface area contributed by atoms with Crippen LogP contribution in [-0.2, 0) is 0 Å². The molecule has 5 nitrogen and oxygen atoms in total. The number of thiophene rings is 2. The van der Waals surface area contributed by atoms with Crippen LogP contribution in [0.15, 0.2) is 186 Å². The van der Waals surface area contributed by atoms with Gasteiger partial charge in [-0.3, -0.25) is 0 Å². The zero-order chi connectivity index (χ0) is 40.5. The first-order valence-electron chi connectivity index (χ1n) is 20.7. The van der Waals surface area contributed by atoms with Crippen molar-refractivity contribution in [3.63, 3.8) is 0 Å². The van der Waals surface area contributed by atoms with E-state index in [1.54, 1.807) is 22.7 Å². The highest BCUT2D eigenvalue weighted by molar-refractivity contribution is 7.26. The maximum absolute atomic E-state index is 6.75. The van der Waals surface area contributed by atoms with Gasteiger partial charge in [0.2, 0.25) is 0 Å². The van der Waals surface area contributed by atoms with Crippen LogP contribution in [0.2, 0.25) is 0 Å². The lowest BCUT2D eigenvalue weighted by atomic mass is 10.0. The minimum atomic E-state index is 0.577. The van der Waals surface area contributed by atoms with Gasteiger partial charge in [0.15, 0.2) is 17.5 Å². The molecule has 0 unspecified atom stereocenters. The predicted octanol–water partition coefficient (Wildman–Crippen LogP) is 15.8. The Morgan fingerprint density at radius 3 is 1.56 bits per heavy atom. The number of para-hydroxylation sites is 2. The SMILES string of the molecule is c1ccc2cc3c(cc2c1)c1ccccc1n3-c1cc(-c2nc(-c3ccc4c(c3)sc3ccccc34)nc(-c3ccc4c(c3)sc3ccccc34)n2)cc2oc3ccccc3c12. The van der Waals surface area contributed by atoms with Crippen molar-refractivity contribution in [1.29, 1.82) is 0 Å². The summed E-state index contributed by atoms with van der Waals surface area (Å²) in [5.74, 6) is 1.82. The Labute approximate surface area is 361 Å². The van der Waals surface area contributed by atoms with Gasteiger partial charge in [0.25, 0.3) is 0 Å². The van der Waals surface area contributed by atoms with Gasteiger partial charge < -0.3 is 8.98 Å². The van der Waals surface area contributed by atoms with E-state index < -0.39 is 0 Å². The van der Waals surface area contributed by atoms with Crippen molar-refractivity contribution >= 4 is 118 Å². The molecule has 0 amide bonds. The molecule has 7 heteroatoms. The molecule has 0 N–H and O–H groups in total. The molecule has 288 valence electrons. The van der Waals surface area contributed by atoms with E-state index in [1.807, 2.05) is 12.1 Å². The van der Waals surface area contributed by atoms with E-state index in [-0.39, 0.29) is 0 Å². The molecule has 0 saturated heterocycles. The largest absolute Gasteiger partial charge is 0.456 e. The van der Waals surface area contributed by atoms with E-state index >= 15 is 0 Å². The van der Waals surface area contributed by atoms with Crippen molar-refractivity contribution in [2.75, 3.05) is 0 Å². The minimum absolute atomic E-state index is 0.577. The minimum Gasteiger partial charge on any atom is -0.456 e. The summed E-state index contributed by atoms with van der Waals surface area (Å²) >= 11 is 3.59. The molecule has 0 fully saturated rings. The fourth-order valence-corrected chi connectivity index (χ4v) is 11.8. The van der Waals surface area contributed by atoms with E-state index in [9.17, 15) is 0 Å². The van der Waals surface area contributed by atoms with Crippen LogP contribution in [0.5, 0.6) is 0 Å². The Kier molecular flexibility index (Phi) is 7.08. The molecule has 9 aromatic carbocycles. The summed E-state index contributed by atoms with van der Waals surface area (Å²) in [6.07, 6.45) is 0. The summed E-state index contributed by atoms with van der Waals surface area (Å²) in [5, 5.41) is 11.9. The molecule has 62 heavy (non-hydrogen) atoms. The van der Waals surface area contributed by atoms with E-state index in [1.165, 1.54) is 61.9 Å². The van der Waals surface area contributed by atoms with Crippen molar-refractivity contribution in [1.82, 2.24) is 19.5 Å². The fourth-order valence-electron chi connectivity index (χ4n) is 9.55. The van der Waals surface area contributed by atoms with Gasteiger partial charge in [-0.05, 0) is 71.4 Å². The van der Waals surface area contributed by atoms with Crippen LogP contribution in [-0.4, -0.2) is 19.5 Å². The van der Waals surface area contributed by atoms with Crippen LogP contribution in [0.1, 0.15) is 0 Å². The van der Waals surface area contributed by atoms with E-state index in [0.717, 1.165) is 55.3 Å². The smallest absolute Gasteiger partial charge is 0.164 e. The van der Waals surface area contributed by atoms with Gasteiger partial charge in [0.1, 0.15) is 11.2 Å². The molecule has 14 aromatic rings. The van der Waals surface area contributed by atoms with E-state index in [4.69, 9.17) is 19.4 Å². The first-order chi connectivity index (χ1) is 30.7. The lowest BCUT2D eigenvalue weighted by Gasteiger charge is -2.13. The number of hydrogen-bond donors (Lipinski definition) is 0. The summed E-state index contributed by atoms with van der Waals surface area (Å²) in [6.45, 7) is 0. The predicted molar refractivity (Wildman–Crippen MR) is 261 cm³/mol. The number of aromatic nitrogens is 4. The Morgan fingerprint density at radius 1 is 0.355 bits per heavy atom. The van der Waals surface area contributed by atoms with Crippen LogP contribution >= 0.6 is 22.7 Å². The third-order valence-corrected chi connectivity index (χ3v) is 14.7. The molecule has 0 aliphatic rings. The highest BCUT2D eigenvalue weighted by atomic mass is 32.1. The van der Waals surface area contributed by atoms with E-state index in [2.05, 4.69) is 174 Å². The summed E-state index contributed by atoms with van der Waals surface area (Å²) in [4.78, 5) is 15.9. The summed E-state index contributed by atoms with van der Waals surface area (Å²) in [7, 11) is 0. The molecular weight excluding hydrogens is 797 g/mol. The number of benzene rings is 9. The van der Waals surface area contributed by atoms with Gasteiger partial charge in [-0.25, -0.2) is 15.0 Å². The van der Waals surface area contributed by atoms with Gasteiger partial charge in [0.05, 0.1) is 22.1 Å². The van der Waals surface area contributed by atoms with E-state index in [0.29, 0.717) is 17.5 Å². The quantitative estimate of drug-likeness (QED) is 0.177. The van der Waals surface area contributed by atoms with Crippen molar-refractivity contribution in [3.8, 4) is 39.9 Å². The molecule has 0 aliphatic carbocycles. The van der Waals surface area contributed by atoms with Crippen LogP contribution in [0.25, 0.3) is 135 Å². The van der Waals surface area contributed by atoms with Crippen LogP contribution in [0, 0.1) is 0 Å². The molecule has 0 saturated carbocycles. The normalized spacial score (nSPS) is 12.2. The summed E-state index contributed by atoms with van der Waals surface area (Å²) in [6, 6.07) is 65.0. The third-order valence-electron chi connectivity index (χ3n) is 12.4. The Bertz CT molecular complexity index is 4060. The summed E-state index contributed by atoms with van der Waals surface area (Å²) in [5.41, 5.74) is 7.57. The zero-order valence-electron chi connectivity index (χ0n) is 32.8. The van der Waals surface area contributed by atoms with Crippen molar-refractivity contribution in [3.05, 3.63) is 182 Å². The number of hydrogen-bond acceptors (Lipinski definition) is 6. The van der Waals surface area contributed by atoms with Gasteiger partial charge in [0, 0.05) is 73.2 Å². The second-order valence-electron chi connectivity index (χ2n) is 16.0. The number of fused-ring (bicyclic) bond motifs is 13. The van der Waals surface area contributed by atoms with Crippen molar-refractivity contribution in [2.45, 2.75) is 0 Å². The molecule has 5 aromatic heterocycles. The fraction of sp³-hybridized carbons (Fsp3) is 0. The average Bonchev–Trinajstić information content (AvgIpc) is 4.08. The molecular formula is C55H30N4OS2. The summed E-state index contributed by atoms with van der Waals surface area (Å²) < 4.78 is 14.1. The number of furan rings is 1. The molecule has 0 aliphatic heterocycles. The molecule has 0 spiro atoms. The average molecular weight is 827 g/mol. The Morgan fingerprint density at radius 2 is 0.887 bits per heavy atom. The topological polar surface area (TPSA) is 56.7 Å². The van der Waals surface area contributed by atoms with Crippen LogP contribution < -0.4 is 0 Å². The molecule has 5 heterocycles. The zero-order valence-corrected chi connectivity index (χ0v) is 34.5. The Balaban J connectivity index is 1.05. The van der Waals surface area contributed by atoms with Crippen molar-refractivity contribution in [2.24, 2.45) is 0 Å². The maximum atomic E-state index is 6.75. The van der Waals surface area contributed by atoms with Crippen LogP contribution in [0.3, 0.4) is 0 Å². The van der Waals surface area contributed by atoms with Gasteiger partial charge >= 0.3 is 0 Å². The van der Waals surface area contributed by atoms with Crippen molar-refractivity contribution < 1.29 is 4.42 Å². The maximum Gasteiger partial charge on any atom is 0.164 e. The number of nitrogens with zero attached hydrogens (tertiary/aromatic N) is 4. The lowest BCUT2D eigenvalue weighted by molar-refractivity contribution is 0.669. The van der Waals surface area contributed by atoms with Gasteiger partial charge in [-0.15, -0.1) is 22.7 Å². The van der Waals surface area contributed by atoms with Gasteiger partial charge in [-0.1, -0.05) is 121 Å². The van der Waals surface area contributed by atoms with Crippen LogP contribution in [0.4, 0.5) is 0 Å². The molecule has 0 atom stereocenters. The monoisotopic (exact) mass is 826 g/mol. The first kappa shape index (κ1) is 34.0. The molecule has 0 bridgehead atoms.